The van der Waals surface area contributed by atoms with Gasteiger partial charge in [-0.05, 0) is 30.2 Å². The number of amides is 1. The fourth-order valence-corrected chi connectivity index (χ4v) is 3.18. The van der Waals surface area contributed by atoms with Crippen LogP contribution in [0, 0.1) is 0 Å². The van der Waals surface area contributed by atoms with E-state index in [9.17, 15) is 4.79 Å². The predicted octanol–water partition coefficient (Wildman–Crippen LogP) is 2.74. The minimum Gasteiger partial charge on any atom is -0.324 e. The molecule has 1 aliphatic rings. The Morgan fingerprint density at radius 3 is 2.94 bits per heavy atom. The molecule has 0 fully saturated rings. The van der Waals surface area contributed by atoms with E-state index in [4.69, 9.17) is 0 Å². The van der Waals surface area contributed by atoms with Gasteiger partial charge in [0.1, 0.15) is 0 Å². The van der Waals surface area contributed by atoms with Gasteiger partial charge in [-0.2, -0.15) is 0 Å². The molecule has 0 spiro atoms. The SMILES string of the molecule is O=C(Nc1cccnc1)C1Cc2ccccc2S1. The number of hydrogen-bond acceptors (Lipinski definition) is 3. The molecule has 2 aromatic rings. The van der Waals surface area contributed by atoms with Gasteiger partial charge in [0.2, 0.25) is 5.91 Å². The molecule has 1 aliphatic heterocycles. The maximum Gasteiger partial charge on any atom is 0.238 e. The van der Waals surface area contributed by atoms with Crippen LogP contribution in [0.15, 0.2) is 53.7 Å². The Bertz CT molecular complexity index is 546. The Hall–Kier alpha value is -1.81. The van der Waals surface area contributed by atoms with Crippen LogP contribution in [0.1, 0.15) is 5.56 Å². The van der Waals surface area contributed by atoms with Crippen molar-refractivity contribution in [3.05, 3.63) is 54.4 Å². The van der Waals surface area contributed by atoms with Gasteiger partial charge in [-0.1, -0.05) is 18.2 Å². The molecule has 3 nitrogen and oxygen atoms in total. The zero-order chi connectivity index (χ0) is 12.4. The number of hydrogen-bond donors (Lipinski definition) is 1. The molecule has 0 bridgehead atoms. The number of nitrogens with zero attached hydrogens (tertiary/aromatic N) is 1. The van der Waals surface area contributed by atoms with Gasteiger partial charge in [0, 0.05) is 11.1 Å². The van der Waals surface area contributed by atoms with Crippen molar-refractivity contribution in [2.75, 3.05) is 5.32 Å². The zero-order valence-electron chi connectivity index (χ0n) is 9.67. The van der Waals surface area contributed by atoms with E-state index < -0.39 is 0 Å². The lowest BCUT2D eigenvalue weighted by molar-refractivity contribution is -0.115. The maximum absolute atomic E-state index is 12.1. The molecule has 1 unspecified atom stereocenters. The van der Waals surface area contributed by atoms with Crippen molar-refractivity contribution in [1.82, 2.24) is 4.98 Å². The molecule has 4 heteroatoms. The van der Waals surface area contributed by atoms with Gasteiger partial charge >= 0.3 is 0 Å². The van der Waals surface area contributed by atoms with E-state index in [0.717, 1.165) is 12.1 Å². The van der Waals surface area contributed by atoms with Crippen LogP contribution >= 0.6 is 11.8 Å². The van der Waals surface area contributed by atoms with Gasteiger partial charge in [-0.15, -0.1) is 11.8 Å². The first kappa shape index (κ1) is 11.3. The van der Waals surface area contributed by atoms with Gasteiger partial charge in [0.25, 0.3) is 0 Å². The summed E-state index contributed by atoms with van der Waals surface area (Å²) >= 11 is 1.63. The van der Waals surface area contributed by atoms with Crippen LogP contribution in [0.3, 0.4) is 0 Å². The topological polar surface area (TPSA) is 42.0 Å². The third-order valence-corrected chi connectivity index (χ3v) is 4.19. The third kappa shape index (κ3) is 2.24. The normalized spacial score (nSPS) is 17.2. The molecular formula is C14H12N2OS. The van der Waals surface area contributed by atoms with Crippen LogP contribution in [0.5, 0.6) is 0 Å². The fraction of sp³-hybridized carbons (Fsp3) is 0.143. The summed E-state index contributed by atoms with van der Waals surface area (Å²) in [5.74, 6) is 0.0456. The monoisotopic (exact) mass is 256 g/mol. The number of carbonyl (C=O) groups is 1. The molecule has 18 heavy (non-hydrogen) atoms. The van der Waals surface area contributed by atoms with Crippen molar-refractivity contribution in [1.29, 1.82) is 0 Å². The highest BCUT2D eigenvalue weighted by Gasteiger charge is 2.27. The second-order valence-corrected chi connectivity index (χ2v) is 5.39. The van der Waals surface area contributed by atoms with E-state index in [0.29, 0.717) is 0 Å². The quantitative estimate of drug-likeness (QED) is 0.898. The Morgan fingerprint density at radius 1 is 1.28 bits per heavy atom. The van der Waals surface area contributed by atoms with E-state index in [1.165, 1.54) is 10.5 Å². The summed E-state index contributed by atoms with van der Waals surface area (Å²) in [6.45, 7) is 0. The molecular weight excluding hydrogens is 244 g/mol. The van der Waals surface area contributed by atoms with Crippen LogP contribution in [0.25, 0.3) is 0 Å². The second-order valence-electron chi connectivity index (χ2n) is 4.15. The molecule has 1 amide bonds. The zero-order valence-corrected chi connectivity index (χ0v) is 10.5. The average Bonchev–Trinajstić information content (AvgIpc) is 2.84. The number of carbonyl (C=O) groups excluding carboxylic acids is 1. The number of aromatic nitrogens is 1. The molecule has 90 valence electrons. The molecule has 0 saturated heterocycles. The van der Waals surface area contributed by atoms with Crippen molar-refractivity contribution in [2.45, 2.75) is 16.6 Å². The maximum atomic E-state index is 12.1. The number of benzene rings is 1. The molecule has 3 rings (SSSR count). The first-order chi connectivity index (χ1) is 8.83. The average molecular weight is 256 g/mol. The molecule has 1 N–H and O–H groups in total. The van der Waals surface area contributed by atoms with Crippen molar-refractivity contribution in [3.63, 3.8) is 0 Å². The van der Waals surface area contributed by atoms with Crippen molar-refractivity contribution >= 4 is 23.4 Å². The van der Waals surface area contributed by atoms with E-state index in [2.05, 4.69) is 22.4 Å². The Morgan fingerprint density at radius 2 is 2.17 bits per heavy atom. The van der Waals surface area contributed by atoms with E-state index in [1.807, 2.05) is 24.3 Å². The lowest BCUT2D eigenvalue weighted by Crippen LogP contribution is -2.24. The summed E-state index contributed by atoms with van der Waals surface area (Å²) < 4.78 is 0. The van der Waals surface area contributed by atoms with Crippen LogP contribution in [0.2, 0.25) is 0 Å². The lowest BCUT2D eigenvalue weighted by atomic mass is 10.1. The Labute approximate surface area is 110 Å². The van der Waals surface area contributed by atoms with Gasteiger partial charge in [-0.25, -0.2) is 0 Å². The first-order valence-corrected chi connectivity index (χ1v) is 6.66. The van der Waals surface area contributed by atoms with Crippen LogP contribution in [0.4, 0.5) is 5.69 Å². The number of nitrogens with one attached hydrogen (secondary N) is 1. The van der Waals surface area contributed by atoms with Crippen molar-refractivity contribution in [2.24, 2.45) is 0 Å². The summed E-state index contributed by atoms with van der Waals surface area (Å²) in [5.41, 5.74) is 2.01. The van der Waals surface area contributed by atoms with Crippen LogP contribution in [-0.4, -0.2) is 16.1 Å². The van der Waals surface area contributed by atoms with Gasteiger partial charge in [-0.3, -0.25) is 9.78 Å². The molecule has 1 atom stereocenters. The summed E-state index contributed by atoms with van der Waals surface area (Å²) in [7, 11) is 0. The van der Waals surface area contributed by atoms with E-state index in [-0.39, 0.29) is 11.2 Å². The van der Waals surface area contributed by atoms with Crippen molar-refractivity contribution in [3.8, 4) is 0 Å². The first-order valence-electron chi connectivity index (χ1n) is 5.78. The van der Waals surface area contributed by atoms with Gasteiger partial charge < -0.3 is 5.32 Å². The summed E-state index contributed by atoms with van der Waals surface area (Å²) in [6, 6.07) is 11.8. The number of anilines is 1. The van der Waals surface area contributed by atoms with Crippen LogP contribution in [-0.2, 0) is 11.2 Å². The highest BCUT2D eigenvalue weighted by atomic mass is 32.2. The third-order valence-electron chi connectivity index (χ3n) is 2.87. The lowest BCUT2D eigenvalue weighted by Gasteiger charge is -2.09. The highest BCUT2D eigenvalue weighted by molar-refractivity contribution is 8.01. The molecule has 1 aromatic carbocycles. The molecule has 0 saturated carbocycles. The molecule has 0 aliphatic carbocycles. The minimum absolute atomic E-state index is 0.0393. The van der Waals surface area contributed by atoms with Gasteiger partial charge in [0.15, 0.2) is 0 Å². The predicted molar refractivity (Wildman–Crippen MR) is 72.7 cm³/mol. The second kappa shape index (κ2) is 4.82. The number of rotatable bonds is 2. The molecule has 0 radical (unpaired) electrons. The summed E-state index contributed by atoms with van der Waals surface area (Å²) in [5, 5.41) is 2.86. The summed E-state index contributed by atoms with van der Waals surface area (Å²) in [4.78, 5) is 17.3. The van der Waals surface area contributed by atoms with E-state index in [1.54, 1.807) is 24.2 Å². The van der Waals surface area contributed by atoms with Gasteiger partial charge in [0.05, 0.1) is 17.1 Å². The highest BCUT2D eigenvalue weighted by Crippen LogP contribution is 2.37. The fourth-order valence-electron chi connectivity index (χ4n) is 1.99. The number of pyridine rings is 1. The van der Waals surface area contributed by atoms with Crippen LogP contribution < -0.4 is 5.32 Å². The van der Waals surface area contributed by atoms with Crippen molar-refractivity contribution < 1.29 is 4.79 Å². The summed E-state index contributed by atoms with van der Waals surface area (Å²) in [6.07, 6.45) is 4.15. The Balaban J connectivity index is 1.70. The number of fused-ring (bicyclic) bond motifs is 1. The molecule has 2 heterocycles. The molecule has 1 aromatic heterocycles. The minimum atomic E-state index is -0.0393. The standard InChI is InChI=1S/C14H12N2OS/c17-14(16-11-5-3-7-15-9-11)13-8-10-4-1-2-6-12(10)18-13/h1-7,9,13H,8H2,(H,16,17). The van der Waals surface area contributed by atoms with E-state index >= 15 is 0 Å². The Kier molecular flexibility index (Phi) is 3.02. The smallest absolute Gasteiger partial charge is 0.238 e. The number of thioether (sulfide) groups is 1. The largest absolute Gasteiger partial charge is 0.324 e.